The summed E-state index contributed by atoms with van der Waals surface area (Å²) in [5, 5.41) is 10.9. The van der Waals surface area contributed by atoms with Gasteiger partial charge in [0.2, 0.25) is 0 Å². The largest absolute Gasteiger partial charge is 0.388 e. The molecule has 0 radical (unpaired) electrons. The van der Waals surface area contributed by atoms with Crippen molar-refractivity contribution in [1.82, 2.24) is 4.57 Å². The number of hydrogen-bond acceptors (Lipinski definition) is 4. The van der Waals surface area contributed by atoms with Crippen LogP contribution in [0.1, 0.15) is 65.6 Å². The summed E-state index contributed by atoms with van der Waals surface area (Å²) < 4.78 is 2.11. The molecule has 4 nitrogen and oxygen atoms in total. The SMILES string of the molecule is CC(=O)c1cn(C2CC2)c2cc(-c3cc4c(s3)CCCC4O)ccc2c1=O. The van der Waals surface area contributed by atoms with Crippen LogP contribution in [-0.4, -0.2) is 15.5 Å². The second-order valence-electron chi connectivity index (χ2n) is 7.70. The summed E-state index contributed by atoms with van der Waals surface area (Å²) >= 11 is 1.74. The van der Waals surface area contributed by atoms with Crippen LogP contribution in [0.15, 0.2) is 35.3 Å². The third-order valence-corrected chi connectivity index (χ3v) is 6.98. The first-order valence-electron chi connectivity index (χ1n) is 9.54. The van der Waals surface area contributed by atoms with Gasteiger partial charge in [0, 0.05) is 27.4 Å². The minimum atomic E-state index is -0.359. The van der Waals surface area contributed by atoms with Crippen LogP contribution in [0.25, 0.3) is 21.3 Å². The summed E-state index contributed by atoms with van der Waals surface area (Å²) in [5.74, 6) is -0.180. The zero-order chi connectivity index (χ0) is 18.7. The van der Waals surface area contributed by atoms with Crippen LogP contribution in [0, 0.1) is 0 Å². The lowest BCUT2D eigenvalue weighted by molar-refractivity contribution is 0.101. The highest BCUT2D eigenvalue weighted by atomic mass is 32.1. The quantitative estimate of drug-likeness (QED) is 0.675. The molecule has 5 heteroatoms. The van der Waals surface area contributed by atoms with E-state index < -0.39 is 0 Å². The molecule has 1 fully saturated rings. The Morgan fingerprint density at radius 1 is 1.22 bits per heavy atom. The maximum absolute atomic E-state index is 12.8. The number of aliphatic hydroxyl groups excluding tert-OH is 1. The Hall–Kier alpha value is -2.24. The highest BCUT2D eigenvalue weighted by molar-refractivity contribution is 7.15. The fraction of sp³-hybridized carbons (Fsp3) is 0.364. The summed E-state index contributed by atoms with van der Waals surface area (Å²) in [6, 6.07) is 8.37. The number of rotatable bonds is 3. The number of thiophene rings is 1. The molecule has 2 aliphatic carbocycles. The molecule has 2 aliphatic rings. The monoisotopic (exact) mass is 379 g/mol. The van der Waals surface area contributed by atoms with Crippen molar-refractivity contribution in [3.63, 3.8) is 0 Å². The average Bonchev–Trinajstić information content (AvgIpc) is 3.39. The second kappa shape index (κ2) is 6.14. The van der Waals surface area contributed by atoms with Crippen molar-refractivity contribution in [2.45, 2.75) is 51.2 Å². The fourth-order valence-electron chi connectivity index (χ4n) is 4.08. The van der Waals surface area contributed by atoms with Crippen molar-refractivity contribution in [2.75, 3.05) is 0 Å². The van der Waals surface area contributed by atoms with Crippen LogP contribution in [0.4, 0.5) is 0 Å². The highest BCUT2D eigenvalue weighted by Crippen LogP contribution is 2.41. The summed E-state index contributed by atoms with van der Waals surface area (Å²) in [7, 11) is 0. The first kappa shape index (κ1) is 16.9. The molecule has 3 aromatic rings. The summed E-state index contributed by atoms with van der Waals surface area (Å²) in [6.45, 7) is 1.45. The molecule has 1 saturated carbocycles. The van der Waals surface area contributed by atoms with Gasteiger partial charge in [-0.3, -0.25) is 9.59 Å². The van der Waals surface area contributed by atoms with Gasteiger partial charge in [-0.25, -0.2) is 0 Å². The number of carbonyl (C=O) groups excluding carboxylic acids is 1. The fourth-order valence-corrected chi connectivity index (χ4v) is 5.34. The molecule has 1 N–H and O–H groups in total. The maximum Gasteiger partial charge on any atom is 0.200 e. The zero-order valence-corrected chi connectivity index (χ0v) is 16.0. The molecular weight excluding hydrogens is 358 g/mol. The van der Waals surface area contributed by atoms with Gasteiger partial charge in [-0.15, -0.1) is 11.3 Å². The topological polar surface area (TPSA) is 59.3 Å². The van der Waals surface area contributed by atoms with Crippen LogP contribution < -0.4 is 5.43 Å². The highest BCUT2D eigenvalue weighted by Gasteiger charge is 2.27. The molecule has 5 rings (SSSR count). The number of pyridine rings is 1. The van der Waals surface area contributed by atoms with Crippen molar-refractivity contribution in [3.05, 3.63) is 56.7 Å². The van der Waals surface area contributed by atoms with E-state index in [0.717, 1.165) is 53.6 Å². The Kier molecular flexibility index (Phi) is 3.85. The van der Waals surface area contributed by atoms with E-state index in [2.05, 4.69) is 16.7 Å². The number of ketones is 1. The van der Waals surface area contributed by atoms with Crippen molar-refractivity contribution in [1.29, 1.82) is 0 Å². The van der Waals surface area contributed by atoms with Gasteiger partial charge in [-0.05, 0) is 68.4 Å². The molecule has 2 heterocycles. The molecule has 0 saturated heterocycles. The first-order valence-corrected chi connectivity index (χ1v) is 10.4. The van der Waals surface area contributed by atoms with Gasteiger partial charge in [-0.2, -0.15) is 0 Å². The van der Waals surface area contributed by atoms with Crippen LogP contribution in [0.5, 0.6) is 0 Å². The van der Waals surface area contributed by atoms with E-state index in [4.69, 9.17) is 0 Å². The molecular formula is C22H21NO3S. The minimum absolute atomic E-state index is 0.179. The van der Waals surface area contributed by atoms with Crippen LogP contribution in [0.2, 0.25) is 0 Å². The smallest absolute Gasteiger partial charge is 0.200 e. The van der Waals surface area contributed by atoms with Gasteiger partial charge >= 0.3 is 0 Å². The number of nitrogens with zero attached hydrogens (tertiary/aromatic N) is 1. The van der Waals surface area contributed by atoms with E-state index in [0.29, 0.717) is 11.4 Å². The van der Waals surface area contributed by atoms with Crippen molar-refractivity contribution >= 4 is 28.0 Å². The van der Waals surface area contributed by atoms with E-state index in [1.807, 2.05) is 12.1 Å². The minimum Gasteiger partial charge on any atom is -0.388 e. The number of benzene rings is 1. The van der Waals surface area contributed by atoms with E-state index in [1.165, 1.54) is 11.8 Å². The van der Waals surface area contributed by atoms with Gasteiger partial charge in [0.25, 0.3) is 0 Å². The van der Waals surface area contributed by atoms with Gasteiger partial charge < -0.3 is 9.67 Å². The van der Waals surface area contributed by atoms with Crippen molar-refractivity contribution < 1.29 is 9.90 Å². The van der Waals surface area contributed by atoms with Crippen LogP contribution in [0.3, 0.4) is 0 Å². The number of hydrogen-bond donors (Lipinski definition) is 1. The Balaban J connectivity index is 1.70. The third kappa shape index (κ3) is 2.77. The van der Waals surface area contributed by atoms with Gasteiger partial charge in [0.05, 0.1) is 17.2 Å². The number of aliphatic hydroxyl groups is 1. The second-order valence-corrected chi connectivity index (χ2v) is 8.83. The maximum atomic E-state index is 12.8. The molecule has 0 bridgehead atoms. The van der Waals surface area contributed by atoms with Crippen LogP contribution >= 0.6 is 11.3 Å². The predicted molar refractivity (Wildman–Crippen MR) is 108 cm³/mol. The Labute approximate surface area is 161 Å². The zero-order valence-electron chi connectivity index (χ0n) is 15.2. The van der Waals surface area contributed by atoms with Gasteiger partial charge in [0.1, 0.15) is 0 Å². The van der Waals surface area contributed by atoms with E-state index in [-0.39, 0.29) is 22.9 Å². The summed E-state index contributed by atoms with van der Waals surface area (Å²) in [5.41, 5.74) is 3.13. The van der Waals surface area contributed by atoms with Gasteiger partial charge in [-0.1, -0.05) is 6.07 Å². The number of aryl methyl sites for hydroxylation is 1. The molecule has 1 unspecified atom stereocenters. The molecule has 1 aromatic carbocycles. The number of Topliss-reactive ketones (excluding diaryl/α,β-unsaturated/α-hetero) is 1. The van der Waals surface area contributed by atoms with E-state index in [9.17, 15) is 14.7 Å². The Bertz CT molecular complexity index is 1140. The molecule has 1 atom stereocenters. The predicted octanol–water partition coefficient (Wildman–Crippen LogP) is 4.64. The third-order valence-electron chi connectivity index (χ3n) is 5.72. The average molecular weight is 379 g/mol. The van der Waals surface area contributed by atoms with Gasteiger partial charge in [0.15, 0.2) is 11.2 Å². The van der Waals surface area contributed by atoms with E-state index in [1.54, 1.807) is 17.5 Å². The molecule has 0 amide bonds. The van der Waals surface area contributed by atoms with Crippen LogP contribution in [-0.2, 0) is 6.42 Å². The normalized spacial score (nSPS) is 19.3. The van der Waals surface area contributed by atoms with Crippen molar-refractivity contribution in [3.8, 4) is 10.4 Å². The Morgan fingerprint density at radius 2 is 2.04 bits per heavy atom. The first-order chi connectivity index (χ1) is 13.0. The molecule has 0 aliphatic heterocycles. The molecule has 0 spiro atoms. The van der Waals surface area contributed by atoms with Crippen molar-refractivity contribution in [2.24, 2.45) is 0 Å². The van der Waals surface area contributed by atoms with E-state index >= 15 is 0 Å². The standard InChI is InChI=1S/C22H21NO3S/c1-12(24)17-11-23(14-6-7-14)18-9-13(5-8-15(18)22(17)26)21-10-16-19(25)3-2-4-20(16)27-21/h5,8-11,14,19,25H,2-4,6-7H2,1H3. The lowest BCUT2D eigenvalue weighted by Gasteiger charge is -2.16. The Morgan fingerprint density at radius 3 is 2.74 bits per heavy atom. The lowest BCUT2D eigenvalue weighted by Crippen LogP contribution is -2.17. The number of aromatic nitrogens is 1. The molecule has 2 aromatic heterocycles. The number of fused-ring (bicyclic) bond motifs is 2. The number of carbonyl (C=O) groups is 1. The lowest BCUT2D eigenvalue weighted by atomic mass is 9.95. The summed E-state index contributed by atoms with van der Waals surface area (Å²) in [6.07, 6.45) is 6.44. The molecule has 138 valence electrons. The summed E-state index contributed by atoms with van der Waals surface area (Å²) in [4.78, 5) is 27.1. The molecule has 27 heavy (non-hydrogen) atoms.